The molecule has 0 unspecified atom stereocenters. The van der Waals surface area contributed by atoms with Crippen molar-refractivity contribution in [1.82, 2.24) is 4.90 Å². The molecule has 0 spiro atoms. The number of rotatable bonds is 5. The monoisotopic (exact) mass is 340 g/mol. The third kappa shape index (κ3) is 4.21. The van der Waals surface area contributed by atoms with Crippen molar-refractivity contribution in [3.63, 3.8) is 0 Å². The predicted molar refractivity (Wildman–Crippen MR) is 84.4 cm³/mol. The lowest BCUT2D eigenvalue weighted by Gasteiger charge is -2.34. The first-order valence-corrected chi connectivity index (χ1v) is 7.79. The standard InChI is InChI=1S/C15H21BrN2O2/c1-17-7-9-18(10-8-17)14-6-5-12(11-13(14)16)3-2-4-15(19)20/h5-6,11H,2-4,7-10H2,1H3,(H,19,20). The second kappa shape index (κ2) is 7.09. The number of piperazine rings is 1. The number of nitrogens with zero attached hydrogens (tertiary/aromatic N) is 2. The minimum Gasteiger partial charge on any atom is -0.481 e. The van der Waals surface area contributed by atoms with Gasteiger partial charge in [0, 0.05) is 37.1 Å². The molecular formula is C15H21BrN2O2. The van der Waals surface area contributed by atoms with Crippen molar-refractivity contribution in [3.05, 3.63) is 28.2 Å². The van der Waals surface area contributed by atoms with Crippen LogP contribution in [0.5, 0.6) is 0 Å². The first kappa shape index (κ1) is 15.3. The summed E-state index contributed by atoms with van der Waals surface area (Å²) in [5, 5.41) is 8.66. The van der Waals surface area contributed by atoms with Gasteiger partial charge in [0.15, 0.2) is 0 Å². The van der Waals surface area contributed by atoms with Gasteiger partial charge in [-0.15, -0.1) is 0 Å². The largest absolute Gasteiger partial charge is 0.481 e. The quantitative estimate of drug-likeness (QED) is 0.894. The molecule has 0 atom stereocenters. The third-order valence-electron chi connectivity index (χ3n) is 3.71. The summed E-state index contributed by atoms with van der Waals surface area (Å²) in [5.74, 6) is -0.724. The SMILES string of the molecule is CN1CCN(c2ccc(CCCC(=O)O)cc2Br)CC1. The van der Waals surface area contributed by atoms with E-state index in [1.807, 2.05) is 0 Å². The Labute approximate surface area is 128 Å². The number of aliphatic carboxylic acids is 1. The van der Waals surface area contributed by atoms with Crippen LogP contribution in [0.4, 0.5) is 5.69 Å². The van der Waals surface area contributed by atoms with Gasteiger partial charge in [0.1, 0.15) is 0 Å². The Kier molecular flexibility index (Phi) is 5.43. The van der Waals surface area contributed by atoms with Crippen LogP contribution in [-0.4, -0.2) is 49.2 Å². The number of carbonyl (C=O) groups is 1. The van der Waals surface area contributed by atoms with Crippen molar-refractivity contribution in [2.24, 2.45) is 0 Å². The molecule has 0 saturated carbocycles. The molecule has 2 rings (SSSR count). The molecule has 1 fully saturated rings. The molecule has 1 heterocycles. The number of carboxylic acids is 1. The fourth-order valence-corrected chi connectivity index (χ4v) is 3.13. The molecule has 5 heteroatoms. The molecular weight excluding hydrogens is 320 g/mol. The highest BCUT2D eigenvalue weighted by Gasteiger charge is 2.16. The molecule has 0 radical (unpaired) electrons. The van der Waals surface area contributed by atoms with Gasteiger partial charge >= 0.3 is 5.97 Å². The Balaban J connectivity index is 1.97. The second-order valence-electron chi connectivity index (χ2n) is 5.32. The van der Waals surface area contributed by atoms with E-state index in [-0.39, 0.29) is 6.42 Å². The fraction of sp³-hybridized carbons (Fsp3) is 0.533. The van der Waals surface area contributed by atoms with E-state index in [9.17, 15) is 4.79 Å². The van der Waals surface area contributed by atoms with Gasteiger partial charge in [0.05, 0.1) is 5.69 Å². The molecule has 110 valence electrons. The summed E-state index contributed by atoms with van der Waals surface area (Å²) in [4.78, 5) is 15.3. The van der Waals surface area contributed by atoms with Crippen LogP contribution in [0, 0.1) is 0 Å². The van der Waals surface area contributed by atoms with Crippen LogP contribution in [0.2, 0.25) is 0 Å². The van der Waals surface area contributed by atoms with E-state index >= 15 is 0 Å². The Morgan fingerprint density at radius 2 is 2.00 bits per heavy atom. The number of anilines is 1. The molecule has 20 heavy (non-hydrogen) atoms. The van der Waals surface area contributed by atoms with Crippen LogP contribution in [0.15, 0.2) is 22.7 Å². The molecule has 1 N–H and O–H groups in total. The van der Waals surface area contributed by atoms with Crippen LogP contribution in [0.1, 0.15) is 18.4 Å². The van der Waals surface area contributed by atoms with Gasteiger partial charge in [0.2, 0.25) is 0 Å². The maximum atomic E-state index is 10.5. The van der Waals surface area contributed by atoms with Gasteiger partial charge in [-0.05, 0) is 53.5 Å². The third-order valence-corrected chi connectivity index (χ3v) is 4.35. The molecule has 1 aliphatic heterocycles. The molecule has 4 nitrogen and oxygen atoms in total. The van der Waals surface area contributed by atoms with Crippen molar-refractivity contribution in [3.8, 4) is 0 Å². The van der Waals surface area contributed by atoms with Crippen molar-refractivity contribution < 1.29 is 9.90 Å². The summed E-state index contributed by atoms with van der Waals surface area (Å²) in [6.45, 7) is 4.28. The van der Waals surface area contributed by atoms with Crippen molar-refractivity contribution >= 4 is 27.6 Å². The molecule has 1 aromatic carbocycles. The van der Waals surface area contributed by atoms with Crippen molar-refractivity contribution in [2.75, 3.05) is 38.1 Å². The van der Waals surface area contributed by atoms with Gasteiger partial charge in [0.25, 0.3) is 0 Å². The zero-order chi connectivity index (χ0) is 14.5. The zero-order valence-electron chi connectivity index (χ0n) is 11.8. The maximum absolute atomic E-state index is 10.5. The fourth-order valence-electron chi connectivity index (χ4n) is 2.45. The van der Waals surface area contributed by atoms with E-state index in [2.05, 4.69) is 51.0 Å². The summed E-state index contributed by atoms with van der Waals surface area (Å²) in [6, 6.07) is 6.38. The average molecular weight is 341 g/mol. The highest BCUT2D eigenvalue weighted by molar-refractivity contribution is 9.10. The first-order valence-electron chi connectivity index (χ1n) is 7.00. The summed E-state index contributed by atoms with van der Waals surface area (Å²) in [7, 11) is 2.15. The zero-order valence-corrected chi connectivity index (χ0v) is 13.4. The summed E-state index contributed by atoms with van der Waals surface area (Å²) >= 11 is 3.65. The number of hydrogen-bond acceptors (Lipinski definition) is 3. The van der Waals surface area contributed by atoms with Gasteiger partial charge in [-0.3, -0.25) is 4.79 Å². The number of likely N-dealkylation sites (N-methyl/N-ethyl adjacent to an activating group) is 1. The topological polar surface area (TPSA) is 43.8 Å². The molecule has 0 amide bonds. The van der Waals surface area contributed by atoms with Crippen LogP contribution in [0.3, 0.4) is 0 Å². The molecule has 0 bridgehead atoms. The Morgan fingerprint density at radius 3 is 2.60 bits per heavy atom. The second-order valence-corrected chi connectivity index (χ2v) is 6.18. The predicted octanol–water partition coefficient (Wildman–Crippen LogP) is 2.61. The molecule has 1 aromatic rings. The minimum absolute atomic E-state index is 0.234. The smallest absolute Gasteiger partial charge is 0.303 e. The maximum Gasteiger partial charge on any atom is 0.303 e. The molecule has 1 saturated heterocycles. The number of carboxylic acid groups (broad SMARTS) is 1. The van der Waals surface area contributed by atoms with Crippen LogP contribution in [-0.2, 0) is 11.2 Å². The Hall–Kier alpha value is -1.07. The normalized spacial score (nSPS) is 16.4. The summed E-state index contributed by atoms with van der Waals surface area (Å²) in [5.41, 5.74) is 2.43. The van der Waals surface area contributed by atoms with Gasteiger partial charge in [-0.1, -0.05) is 6.07 Å². The van der Waals surface area contributed by atoms with Crippen LogP contribution in [0.25, 0.3) is 0 Å². The van der Waals surface area contributed by atoms with Crippen LogP contribution < -0.4 is 4.90 Å². The van der Waals surface area contributed by atoms with E-state index in [4.69, 9.17) is 5.11 Å². The summed E-state index contributed by atoms with van der Waals surface area (Å²) < 4.78 is 1.11. The van der Waals surface area contributed by atoms with E-state index in [0.29, 0.717) is 6.42 Å². The highest BCUT2D eigenvalue weighted by Crippen LogP contribution is 2.28. The van der Waals surface area contributed by atoms with E-state index < -0.39 is 5.97 Å². The van der Waals surface area contributed by atoms with Crippen LogP contribution >= 0.6 is 15.9 Å². The van der Waals surface area contributed by atoms with E-state index in [0.717, 1.165) is 37.1 Å². The van der Waals surface area contributed by atoms with Gasteiger partial charge in [-0.2, -0.15) is 0 Å². The minimum atomic E-state index is -0.724. The first-order chi connectivity index (χ1) is 9.56. The van der Waals surface area contributed by atoms with Crippen molar-refractivity contribution in [1.29, 1.82) is 0 Å². The highest BCUT2D eigenvalue weighted by atomic mass is 79.9. The molecule has 0 aromatic heterocycles. The van der Waals surface area contributed by atoms with Gasteiger partial charge < -0.3 is 14.9 Å². The lowest BCUT2D eigenvalue weighted by atomic mass is 10.1. The number of halogens is 1. The average Bonchev–Trinajstić information content (AvgIpc) is 2.40. The van der Waals surface area contributed by atoms with E-state index in [1.165, 1.54) is 11.3 Å². The number of benzene rings is 1. The van der Waals surface area contributed by atoms with Gasteiger partial charge in [-0.25, -0.2) is 0 Å². The molecule has 1 aliphatic rings. The summed E-state index contributed by atoms with van der Waals surface area (Å²) in [6.07, 6.45) is 1.74. The Bertz CT molecular complexity index is 471. The molecule has 0 aliphatic carbocycles. The Morgan fingerprint density at radius 1 is 1.30 bits per heavy atom. The van der Waals surface area contributed by atoms with Crippen molar-refractivity contribution in [2.45, 2.75) is 19.3 Å². The number of hydrogen-bond donors (Lipinski definition) is 1. The lowest BCUT2D eigenvalue weighted by Crippen LogP contribution is -2.44. The number of aryl methyl sites for hydroxylation is 1. The lowest BCUT2D eigenvalue weighted by molar-refractivity contribution is -0.137. The van der Waals surface area contributed by atoms with E-state index in [1.54, 1.807) is 0 Å².